The van der Waals surface area contributed by atoms with Gasteiger partial charge < -0.3 is 14.8 Å². The number of carboxylic acid groups (broad SMARTS) is 1. The third kappa shape index (κ3) is 4.09. The van der Waals surface area contributed by atoms with Crippen LogP contribution in [0.3, 0.4) is 0 Å². The molecule has 2 rings (SSSR count). The van der Waals surface area contributed by atoms with Gasteiger partial charge in [-0.3, -0.25) is 9.59 Å². The summed E-state index contributed by atoms with van der Waals surface area (Å²) in [5.41, 5.74) is -0.842. The lowest BCUT2D eigenvalue weighted by atomic mass is 9.82. The molecule has 1 saturated carbocycles. The molecule has 1 aliphatic rings. The van der Waals surface area contributed by atoms with Crippen LogP contribution >= 0.6 is 0 Å². The number of aliphatic carboxylic acids is 1. The first kappa shape index (κ1) is 15.6. The first-order chi connectivity index (χ1) is 10.0. The van der Waals surface area contributed by atoms with Crippen LogP contribution in [0.25, 0.3) is 0 Å². The molecular weight excluding hydrogens is 270 g/mol. The Morgan fingerprint density at radius 2 is 2.14 bits per heavy atom. The van der Waals surface area contributed by atoms with Crippen molar-refractivity contribution in [1.82, 2.24) is 5.32 Å². The van der Waals surface area contributed by atoms with Crippen LogP contribution in [-0.4, -0.2) is 23.0 Å². The predicted octanol–water partition coefficient (Wildman–Crippen LogP) is 2.75. The van der Waals surface area contributed by atoms with Crippen molar-refractivity contribution in [2.75, 3.05) is 0 Å². The monoisotopic (exact) mass is 293 g/mol. The quantitative estimate of drug-likeness (QED) is 0.810. The Morgan fingerprint density at radius 3 is 2.71 bits per heavy atom. The average Bonchev–Trinajstić information content (AvgIpc) is 3.07. The second-order valence-electron chi connectivity index (χ2n) is 6.06. The lowest BCUT2D eigenvalue weighted by Crippen LogP contribution is -2.39. The second kappa shape index (κ2) is 6.78. The molecule has 0 spiro atoms. The van der Waals surface area contributed by atoms with Crippen LogP contribution in [0.1, 0.15) is 51.2 Å². The standard InChI is InChI=1S/C16H23NO4/c1-12(6-7-13-5-4-10-21-13)17-14(18)11-16(15(19)20)8-2-3-9-16/h4-5,10,12H,2-3,6-9,11H2,1H3,(H,17,18)(H,19,20). The van der Waals surface area contributed by atoms with Crippen molar-refractivity contribution in [3.05, 3.63) is 24.2 Å². The fourth-order valence-electron chi connectivity index (χ4n) is 3.04. The summed E-state index contributed by atoms with van der Waals surface area (Å²) in [7, 11) is 0. The summed E-state index contributed by atoms with van der Waals surface area (Å²) in [5, 5.41) is 12.3. The van der Waals surface area contributed by atoms with Crippen molar-refractivity contribution >= 4 is 11.9 Å². The van der Waals surface area contributed by atoms with Gasteiger partial charge in [0.2, 0.25) is 5.91 Å². The van der Waals surface area contributed by atoms with Crippen LogP contribution in [0.5, 0.6) is 0 Å². The number of aryl methyl sites for hydroxylation is 1. The van der Waals surface area contributed by atoms with E-state index in [4.69, 9.17) is 4.42 Å². The van der Waals surface area contributed by atoms with E-state index in [0.717, 1.165) is 31.4 Å². The van der Waals surface area contributed by atoms with Gasteiger partial charge in [0.05, 0.1) is 11.7 Å². The van der Waals surface area contributed by atoms with Crippen LogP contribution in [0.15, 0.2) is 22.8 Å². The van der Waals surface area contributed by atoms with E-state index in [1.807, 2.05) is 19.1 Å². The summed E-state index contributed by atoms with van der Waals surface area (Å²) in [6.45, 7) is 1.93. The maximum absolute atomic E-state index is 12.1. The van der Waals surface area contributed by atoms with Gasteiger partial charge in [0.15, 0.2) is 0 Å². The molecule has 1 aromatic rings. The topological polar surface area (TPSA) is 79.5 Å². The number of amides is 1. The van der Waals surface area contributed by atoms with Crippen LogP contribution in [0.4, 0.5) is 0 Å². The fourth-order valence-corrected chi connectivity index (χ4v) is 3.04. The molecule has 1 atom stereocenters. The largest absolute Gasteiger partial charge is 0.481 e. The Hall–Kier alpha value is -1.78. The molecule has 5 heteroatoms. The number of nitrogens with one attached hydrogen (secondary N) is 1. The maximum atomic E-state index is 12.1. The molecule has 0 radical (unpaired) electrons. The van der Waals surface area contributed by atoms with Crippen molar-refractivity contribution in [2.45, 2.75) is 57.9 Å². The van der Waals surface area contributed by atoms with E-state index in [1.165, 1.54) is 0 Å². The molecule has 1 unspecified atom stereocenters. The highest BCUT2D eigenvalue weighted by molar-refractivity contribution is 5.85. The van der Waals surface area contributed by atoms with Gasteiger partial charge in [-0.25, -0.2) is 0 Å². The number of carboxylic acids is 1. The number of furan rings is 1. The number of hydrogen-bond acceptors (Lipinski definition) is 3. The van der Waals surface area contributed by atoms with Crippen molar-refractivity contribution < 1.29 is 19.1 Å². The number of carbonyl (C=O) groups excluding carboxylic acids is 1. The summed E-state index contributed by atoms with van der Waals surface area (Å²) in [6, 6.07) is 3.76. The van der Waals surface area contributed by atoms with E-state index in [0.29, 0.717) is 12.8 Å². The molecule has 0 aliphatic heterocycles. The highest BCUT2D eigenvalue weighted by Crippen LogP contribution is 2.41. The lowest BCUT2D eigenvalue weighted by molar-refractivity contribution is -0.151. The van der Waals surface area contributed by atoms with Crippen LogP contribution in [0, 0.1) is 5.41 Å². The van der Waals surface area contributed by atoms with E-state index in [1.54, 1.807) is 6.26 Å². The summed E-state index contributed by atoms with van der Waals surface area (Å²) in [4.78, 5) is 23.5. The minimum atomic E-state index is -0.842. The average molecular weight is 293 g/mol. The Balaban J connectivity index is 1.79. The van der Waals surface area contributed by atoms with Crippen molar-refractivity contribution in [1.29, 1.82) is 0 Å². The molecule has 1 fully saturated rings. The summed E-state index contributed by atoms with van der Waals surface area (Å²) < 4.78 is 5.25. The second-order valence-corrected chi connectivity index (χ2v) is 6.06. The Morgan fingerprint density at radius 1 is 1.43 bits per heavy atom. The van der Waals surface area contributed by atoms with E-state index in [-0.39, 0.29) is 18.4 Å². The van der Waals surface area contributed by atoms with Gasteiger partial charge in [0.25, 0.3) is 0 Å². The fraction of sp³-hybridized carbons (Fsp3) is 0.625. The van der Waals surface area contributed by atoms with E-state index in [9.17, 15) is 14.7 Å². The van der Waals surface area contributed by atoms with E-state index in [2.05, 4.69) is 5.32 Å². The lowest BCUT2D eigenvalue weighted by Gasteiger charge is -2.24. The molecule has 116 valence electrons. The van der Waals surface area contributed by atoms with Crippen molar-refractivity contribution in [2.24, 2.45) is 5.41 Å². The Bertz CT molecular complexity index is 474. The summed E-state index contributed by atoms with van der Waals surface area (Å²) in [6.07, 6.45) is 6.27. The SMILES string of the molecule is CC(CCc1ccco1)NC(=O)CC1(C(=O)O)CCCC1. The van der Waals surface area contributed by atoms with Gasteiger partial charge in [-0.15, -0.1) is 0 Å². The molecule has 0 bridgehead atoms. The summed E-state index contributed by atoms with van der Waals surface area (Å²) in [5.74, 6) is -0.0986. The van der Waals surface area contributed by atoms with Crippen molar-refractivity contribution in [3.63, 3.8) is 0 Å². The molecule has 1 aliphatic carbocycles. The minimum absolute atomic E-state index is 0.00912. The highest BCUT2D eigenvalue weighted by Gasteiger charge is 2.43. The molecule has 1 heterocycles. The Kier molecular flexibility index (Phi) is 5.04. The molecule has 21 heavy (non-hydrogen) atoms. The van der Waals surface area contributed by atoms with Gasteiger partial charge >= 0.3 is 5.97 Å². The highest BCUT2D eigenvalue weighted by atomic mass is 16.4. The number of carbonyl (C=O) groups is 2. The normalized spacial score (nSPS) is 18.3. The molecule has 0 aromatic carbocycles. The number of rotatable bonds is 7. The van der Waals surface area contributed by atoms with Gasteiger partial charge in [-0.2, -0.15) is 0 Å². The smallest absolute Gasteiger partial charge is 0.310 e. The number of hydrogen-bond donors (Lipinski definition) is 2. The zero-order valence-corrected chi connectivity index (χ0v) is 12.4. The van der Waals surface area contributed by atoms with Crippen LogP contribution < -0.4 is 5.32 Å². The van der Waals surface area contributed by atoms with E-state index < -0.39 is 11.4 Å². The molecule has 1 amide bonds. The molecule has 1 aromatic heterocycles. The third-order valence-corrected chi connectivity index (χ3v) is 4.32. The first-order valence-corrected chi connectivity index (χ1v) is 7.57. The minimum Gasteiger partial charge on any atom is -0.481 e. The third-order valence-electron chi connectivity index (χ3n) is 4.32. The van der Waals surface area contributed by atoms with Gasteiger partial charge in [0, 0.05) is 18.9 Å². The molecular formula is C16H23NO4. The van der Waals surface area contributed by atoms with Crippen LogP contribution in [0.2, 0.25) is 0 Å². The maximum Gasteiger partial charge on any atom is 0.310 e. The molecule has 0 saturated heterocycles. The van der Waals surface area contributed by atoms with Crippen molar-refractivity contribution in [3.8, 4) is 0 Å². The molecule has 5 nitrogen and oxygen atoms in total. The zero-order valence-electron chi connectivity index (χ0n) is 12.4. The van der Waals surface area contributed by atoms with Gasteiger partial charge in [0.1, 0.15) is 5.76 Å². The Labute approximate surface area is 124 Å². The van der Waals surface area contributed by atoms with Crippen LogP contribution in [-0.2, 0) is 16.0 Å². The zero-order chi connectivity index (χ0) is 15.3. The first-order valence-electron chi connectivity index (χ1n) is 7.57. The molecule has 2 N–H and O–H groups in total. The van der Waals surface area contributed by atoms with Gasteiger partial charge in [-0.1, -0.05) is 12.8 Å². The predicted molar refractivity (Wildman–Crippen MR) is 77.8 cm³/mol. The van der Waals surface area contributed by atoms with E-state index >= 15 is 0 Å². The van der Waals surface area contributed by atoms with Gasteiger partial charge in [-0.05, 0) is 38.3 Å². The summed E-state index contributed by atoms with van der Waals surface area (Å²) >= 11 is 0.